The van der Waals surface area contributed by atoms with Gasteiger partial charge in [-0.3, -0.25) is 0 Å². The number of hydrogen-bond acceptors (Lipinski definition) is 3. The average molecular weight is 240 g/mol. The largest absolute Gasteiger partial charge is 0.394 e. The molecule has 3 nitrogen and oxygen atoms in total. The molecule has 0 aromatic heterocycles. The van der Waals surface area contributed by atoms with E-state index in [9.17, 15) is 5.11 Å². The molecule has 0 bridgehead atoms. The molecule has 0 spiro atoms. The van der Waals surface area contributed by atoms with E-state index in [0.717, 1.165) is 31.8 Å². The first-order chi connectivity index (χ1) is 8.21. The average Bonchev–Trinajstić information content (AvgIpc) is 2.69. The van der Waals surface area contributed by atoms with Crippen molar-refractivity contribution < 1.29 is 5.11 Å². The molecule has 0 aliphatic heterocycles. The highest BCUT2D eigenvalue weighted by Crippen LogP contribution is 2.36. The lowest BCUT2D eigenvalue weighted by molar-refractivity contribution is 0.0980. The molecular formula is C14H28N2O. The van der Waals surface area contributed by atoms with Gasteiger partial charge in [0.25, 0.3) is 0 Å². The minimum Gasteiger partial charge on any atom is -0.394 e. The number of aliphatic hydroxyl groups is 1. The SMILES string of the molecule is CCCNC1(CO)CCC(N(C)C2CCC2)C1. The molecule has 2 aliphatic carbocycles. The first-order valence-corrected chi connectivity index (χ1v) is 7.28. The summed E-state index contributed by atoms with van der Waals surface area (Å²) in [5, 5.41) is 13.2. The fourth-order valence-electron chi connectivity index (χ4n) is 3.29. The fourth-order valence-corrected chi connectivity index (χ4v) is 3.29. The molecule has 100 valence electrons. The van der Waals surface area contributed by atoms with Crippen LogP contribution in [0.15, 0.2) is 0 Å². The smallest absolute Gasteiger partial charge is 0.0613 e. The summed E-state index contributed by atoms with van der Waals surface area (Å²) in [5.74, 6) is 0. The second-order valence-electron chi connectivity index (χ2n) is 6.01. The highest BCUT2D eigenvalue weighted by molar-refractivity contribution is 5.00. The van der Waals surface area contributed by atoms with Crippen molar-refractivity contribution in [2.45, 2.75) is 69.5 Å². The Balaban J connectivity index is 1.87. The summed E-state index contributed by atoms with van der Waals surface area (Å²) in [7, 11) is 2.28. The van der Waals surface area contributed by atoms with E-state index in [1.165, 1.54) is 25.7 Å². The molecule has 2 aliphatic rings. The van der Waals surface area contributed by atoms with Crippen molar-refractivity contribution in [3.8, 4) is 0 Å². The second-order valence-corrected chi connectivity index (χ2v) is 6.01. The van der Waals surface area contributed by atoms with Gasteiger partial charge >= 0.3 is 0 Å². The van der Waals surface area contributed by atoms with Crippen molar-refractivity contribution in [2.24, 2.45) is 0 Å². The van der Waals surface area contributed by atoms with Crippen LogP contribution in [0.4, 0.5) is 0 Å². The van der Waals surface area contributed by atoms with Crippen LogP contribution in [0.2, 0.25) is 0 Å². The Morgan fingerprint density at radius 1 is 1.29 bits per heavy atom. The second kappa shape index (κ2) is 5.68. The number of nitrogens with one attached hydrogen (secondary N) is 1. The van der Waals surface area contributed by atoms with Gasteiger partial charge in [0, 0.05) is 17.6 Å². The predicted octanol–water partition coefficient (Wildman–Crippen LogP) is 1.75. The predicted molar refractivity (Wildman–Crippen MR) is 71.2 cm³/mol. The standard InChI is InChI=1S/C14H28N2O/c1-3-9-15-14(11-17)8-7-13(10-14)16(2)12-5-4-6-12/h12-13,15,17H,3-11H2,1-2H3. The molecule has 0 aromatic rings. The van der Waals surface area contributed by atoms with Gasteiger partial charge in [0.1, 0.15) is 0 Å². The monoisotopic (exact) mass is 240 g/mol. The lowest BCUT2D eigenvalue weighted by Gasteiger charge is -2.39. The molecular weight excluding hydrogens is 212 g/mol. The molecule has 0 radical (unpaired) electrons. The van der Waals surface area contributed by atoms with E-state index in [0.29, 0.717) is 12.6 Å². The van der Waals surface area contributed by atoms with Gasteiger partial charge in [0.05, 0.1) is 6.61 Å². The highest BCUT2D eigenvalue weighted by atomic mass is 16.3. The molecule has 2 rings (SSSR count). The van der Waals surface area contributed by atoms with Gasteiger partial charge in [0.15, 0.2) is 0 Å². The van der Waals surface area contributed by atoms with Crippen molar-refractivity contribution in [1.82, 2.24) is 10.2 Å². The number of rotatable bonds is 6. The Morgan fingerprint density at radius 3 is 2.59 bits per heavy atom. The van der Waals surface area contributed by atoms with Crippen molar-refractivity contribution in [2.75, 3.05) is 20.2 Å². The molecule has 0 amide bonds. The maximum Gasteiger partial charge on any atom is 0.0613 e. The van der Waals surface area contributed by atoms with Crippen LogP contribution < -0.4 is 5.32 Å². The molecule has 2 N–H and O–H groups in total. The topological polar surface area (TPSA) is 35.5 Å². The fraction of sp³-hybridized carbons (Fsp3) is 1.00. The summed E-state index contributed by atoms with van der Waals surface area (Å²) in [5.41, 5.74) is 0.0126. The summed E-state index contributed by atoms with van der Waals surface area (Å²) in [6.07, 6.45) is 8.79. The van der Waals surface area contributed by atoms with E-state index < -0.39 is 0 Å². The first-order valence-electron chi connectivity index (χ1n) is 7.28. The van der Waals surface area contributed by atoms with Gasteiger partial charge in [-0.15, -0.1) is 0 Å². The molecule has 2 fully saturated rings. The Kier molecular flexibility index (Phi) is 4.45. The Bertz CT molecular complexity index is 242. The molecule has 2 saturated carbocycles. The Labute approximate surface area is 106 Å². The van der Waals surface area contributed by atoms with Crippen LogP contribution in [-0.2, 0) is 0 Å². The first kappa shape index (κ1) is 13.3. The van der Waals surface area contributed by atoms with Crippen molar-refractivity contribution in [1.29, 1.82) is 0 Å². The maximum atomic E-state index is 9.67. The van der Waals surface area contributed by atoms with Crippen LogP contribution in [0.1, 0.15) is 51.9 Å². The van der Waals surface area contributed by atoms with Crippen molar-refractivity contribution in [3.05, 3.63) is 0 Å². The minimum absolute atomic E-state index is 0.0126. The Hall–Kier alpha value is -0.120. The zero-order valence-electron chi connectivity index (χ0n) is 11.4. The lowest BCUT2D eigenvalue weighted by atomic mass is 9.90. The van der Waals surface area contributed by atoms with E-state index in [1.54, 1.807) is 0 Å². The minimum atomic E-state index is 0.0126. The van der Waals surface area contributed by atoms with Crippen molar-refractivity contribution in [3.63, 3.8) is 0 Å². The Morgan fingerprint density at radius 2 is 2.06 bits per heavy atom. The van der Waals surface area contributed by atoms with Gasteiger partial charge in [0.2, 0.25) is 0 Å². The molecule has 0 saturated heterocycles. The summed E-state index contributed by atoms with van der Waals surface area (Å²) < 4.78 is 0. The van der Waals surface area contributed by atoms with Crippen molar-refractivity contribution >= 4 is 0 Å². The third-order valence-corrected chi connectivity index (χ3v) is 4.86. The van der Waals surface area contributed by atoms with Crippen LogP contribution in [0.25, 0.3) is 0 Å². The zero-order valence-corrected chi connectivity index (χ0v) is 11.4. The van der Waals surface area contributed by atoms with Gasteiger partial charge in [-0.1, -0.05) is 13.3 Å². The van der Waals surface area contributed by atoms with Crippen LogP contribution in [0.3, 0.4) is 0 Å². The summed E-state index contributed by atoms with van der Waals surface area (Å²) in [4.78, 5) is 2.58. The number of aliphatic hydroxyl groups excluding tert-OH is 1. The zero-order chi connectivity index (χ0) is 12.3. The molecule has 2 unspecified atom stereocenters. The van der Waals surface area contributed by atoms with E-state index in [-0.39, 0.29) is 5.54 Å². The van der Waals surface area contributed by atoms with E-state index in [4.69, 9.17) is 0 Å². The number of nitrogens with zero attached hydrogens (tertiary/aromatic N) is 1. The summed E-state index contributed by atoms with van der Waals surface area (Å²) in [6, 6.07) is 1.50. The maximum absolute atomic E-state index is 9.67. The highest BCUT2D eigenvalue weighted by Gasteiger charge is 2.41. The van der Waals surface area contributed by atoms with Crippen LogP contribution in [-0.4, -0.2) is 47.8 Å². The van der Waals surface area contributed by atoms with Gasteiger partial charge in [-0.25, -0.2) is 0 Å². The van der Waals surface area contributed by atoms with Crippen LogP contribution in [0, 0.1) is 0 Å². The summed E-state index contributed by atoms with van der Waals surface area (Å²) in [6.45, 7) is 3.51. The number of hydrogen-bond donors (Lipinski definition) is 2. The molecule has 3 heteroatoms. The van der Waals surface area contributed by atoms with E-state index >= 15 is 0 Å². The van der Waals surface area contributed by atoms with Gasteiger partial charge in [-0.05, 0) is 52.1 Å². The lowest BCUT2D eigenvalue weighted by Crippen LogP contribution is -2.49. The normalized spacial score (nSPS) is 34.2. The third-order valence-electron chi connectivity index (χ3n) is 4.86. The molecule has 17 heavy (non-hydrogen) atoms. The van der Waals surface area contributed by atoms with E-state index in [2.05, 4.69) is 24.2 Å². The quantitative estimate of drug-likeness (QED) is 0.742. The van der Waals surface area contributed by atoms with Gasteiger partial charge < -0.3 is 15.3 Å². The van der Waals surface area contributed by atoms with Gasteiger partial charge in [-0.2, -0.15) is 0 Å². The molecule has 2 atom stereocenters. The van der Waals surface area contributed by atoms with Crippen LogP contribution in [0.5, 0.6) is 0 Å². The van der Waals surface area contributed by atoms with Crippen LogP contribution >= 0.6 is 0 Å². The van der Waals surface area contributed by atoms with E-state index in [1.807, 2.05) is 0 Å². The summed E-state index contributed by atoms with van der Waals surface area (Å²) >= 11 is 0. The molecule has 0 aromatic carbocycles. The molecule has 0 heterocycles. The third kappa shape index (κ3) is 2.83.